The summed E-state index contributed by atoms with van der Waals surface area (Å²) in [6, 6.07) is 5.89. The van der Waals surface area contributed by atoms with Crippen molar-refractivity contribution in [1.29, 1.82) is 0 Å². The minimum absolute atomic E-state index is 0.147. The summed E-state index contributed by atoms with van der Waals surface area (Å²) in [4.78, 5) is 19.8. The number of carbonyl (C=O) groups excluding carboxylic acids is 1. The zero-order valence-electron chi connectivity index (χ0n) is 10.1. The fourth-order valence-electron chi connectivity index (χ4n) is 2.01. The Morgan fingerprint density at radius 3 is 2.65 bits per heavy atom. The summed E-state index contributed by atoms with van der Waals surface area (Å²) in [5.74, 6) is 1.10. The van der Waals surface area contributed by atoms with E-state index in [1.54, 1.807) is 6.92 Å². The van der Waals surface area contributed by atoms with E-state index in [1.807, 2.05) is 23.1 Å². The van der Waals surface area contributed by atoms with Gasteiger partial charge in [-0.1, -0.05) is 6.07 Å². The van der Waals surface area contributed by atoms with E-state index >= 15 is 0 Å². The molecule has 0 unspecified atom stereocenters. The molecule has 92 valence electrons. The summed E-state index contributed by atoms with van der Waals surface area (Å²) in [7, 11) is 0. The number of hydrogen-bond acceptors (Lipinski definition) is 4. The van der Waals surface area contributed by atoms with Crippen molar-refractivity contribution in [1.82, 2.24) is 9.88 Å². The topological polar surface area (TPSA) is 62.5 Å². The molecule has 0 radical (unpaired) electrons. The molecule has 5 nitrogen and oxygen atoms in total. The molecule has 1 aliphatic rings. The SMILES string of the molecule is CC(=O)N1CCN(c2cccc(CN)n2)CC1. The van der Waals surface area contributed by atoms with Crippen LogP contribution in [-0.2, 0) is 11.3 Å². The van der Waals surface area contributed by atoms with Crippen molar-refractivity contribution in [2.45, 2.75) is 13.5 Å². The highest BCUT2D eigenvalue weighted by Crippen LogP contribution is 2.14. The third-order valence-corrected chi connectivity index (χ3v) is 3.05. The minimum Gasteiger partial charge on any atom is -0.353 e. The van der Waals surface area contributed by atoms with Gasteiger partial charge in [-0.25, -0.2) is 4.98 Å². The van der Waals surface area contributed by atoms with Crippen molar-refractivity contribution in [2.24, 2.45) is 5.73 Å². The molecular weight excluding hydrogens is 216 g/mol. The average Bonchev–Trinajstić information content (AvgIpc) is 2.39. The van der Waals surface area contributed by atoms with Crippen LogP contribution in [0.25, 0.3) is 0 Å². The largest absolute Gasteiger partial charge is 0.353 e. The van der Waals surface area contributed by atoms with Gasteiger partial charge in [-0.15, -0.1) is 0 Å². The Labute approximate surface area is 101 Å². The Morgan fingerprint density at radius 2 is 2.06 bits per heavy atom. The number of amides is 1. The van der Waals surface area contributed by atoms with Crippen LogP contribution in [0.15, 0.2) is 18.2 Å². The van der Waals surface area contributed by atoms with Crippen LogP contribution < -0.4 is 10.6 Å². The summed E-state index contributed by atoms with van der Waals surface area (Å²) < 4.78 is 0. The van der Waals surface area contributed by atoms with Crippen molar-refractivity contribution in [3.63, 3.8) is 0 Å². The smallest absolute Gasteiger partial charge is 0.219 e. The molecule has 17 heavy (non-hydrogen) atoms. The second-order valence-electron chi connectivity index (χ2n) is 4.18. The molecule has 0 aromatic carbocycles. The van der Waals surface area contributed by atoms with Crippen LogP contribution in [0.4, 0.5) is 5.82 Å². The number of pyridine rings is 1. The quantitative estimate of drug-likeness (QED) is 0.794. The molecule has 0 atom stereocenters. The van der Waals surface area contributed by atoms with Crippen molar-refractivity contribution in [3.8, 4) is 0 Å². The minimum atomic E-state index is 0.147. The molecule has 1 aromatic heterocycles. The Kier molecular flexibility index (Phi) is 3.58. The van der Waals surface area contributed by atoms with Gasteiger partial charge in [0.05, 0.1) is 5.69 Å². The predicted octanol–water partition coefficient (Wildman–Crippen LogP) is 0.209. The van der Waals surface area contributed by atoms with Gasteiger partial charge in [-0.2, -0.15) is 0 Å². The van der Waals surface area contributed by atoms with Crippen molar-refractivity contribution in [2.75, 3.05) is 31.1 Å². The van der Waals surface area contributed by atoms with E-state index in [4.69, 9.17) is 5.73 Å². The van der Waals surface area contributed by atoms with Gasteiger partial charge in [0.1, 0.15) is 5.82 Å². The Hall–Kier alpha value is -1.62. The molecule has 0 aliphatic carbocycles. The number of aromatic nitrogens is 1. The fourth-order valence-corrected chi connectivity index (χ4v) is 2.01. The lowest BCUT2D eigenvalue weighted by Crippen LogP contribution is -2.48. The van der Waals surface area contributed by atoms with Gasteiger partial charge in [0.2, 0.25) is 5.91 Å². The molecule has 1 amide bonds. The van der Waals surface area contributed by atoms with E-state index in [2.05, 4.69) is 9.88 Å². The van der Waals surface area contributed by atoms with Crippen molar-refractivity contribution >= 4 is 11.7 Å². The van der Waals surface area contributed by atoms with Gasteiger partial charge < -0.3 is 15.5 Å². The highest BCUT2D eigenvalue weighted by Gasteiger charge is 2.19. The van der Waals surface area contributed by atoms with E-state index < -0.39 is 0 Å². The third kappa shape index (κ3) is 2.74. The molecule has 1 aliphatic heterocycles. The average molecular weight is 234 g/mol. The second-order valence-corrected chi connectivity index (χ2v) is 4.18. The van der Waals surface area contributed by atoms with E-state index in [0.29, 0.717) is 6.54 Å². The standard InChI is InChI=1S/C12H18N4O/c1-10(17)15-5-7-16(8-6-15)12-4-2-3-11(9-13)14-12/h2-4H,5-9,13H2,1H3. The monoisotopic (exact) mass is 234 g/mol. The predicted molar refractivity (Wildman–Crippen MR) is 66.6 cm³/mol. The van der Waals surface area contributed by atoms with Crippen molar-refractivity contribution < 1.29 is 4.79 Å². The zero-order chi connectivity index (χ0) is 12.3. The highest BCUT2D eigenvalue weighted by atomic mass is 16.2. The lowest BCUT2D eigenvalue weighted by atomic mass is 10.3. The normalized spacial score (nSPS) is 16.1. The molecule has 0 bridgehead atoms. The lowest BCUT2D eigenvalue weighted by Gasteiger charge is -2.35. The van der Waals surface area contributed by atoms with Crippen LogP contribution >= 0.6 is 0 Å². The molecule has 5 heteroatoms. The third-order valence-electron chi connectivity index (χ3n) is 3.05. The molecule has 0 spiro atoms. The van der Waals surface area contributed by atoms with Gasteiger partial charge in [0.15, 0.2) is 0 Å². The molecule has 2 N–H and O–H groups in total. The summed E-state index contributed by atoms with van der Waals surface area (Å²) in [5, 5.41) is 0. The molecule has 2 rings (SSSR count). The maximum atomic E-state index is 11.2. The molecule has 1 aromatic rings. The first-order valence-corrected chi connectivity index (χ1v) is 5.87. The Balaban J connectivity index is 2.02. The summed E-state index contributed by atoms with van der Waals surface area (Å²) >= 11 is 0. The molecular formula is C12H18N4O. The first-order valence-electron chi connectivity index (χ1n) is 5.87. The van der Waals surface area contributed by atoms with Gasteiger partial charge in [0, 0.05) is 39.6 Å². The van der Waals surface area contributed by atoms with Crippen LogP contribution in [0.1, 0.15) is 12.6 Å². The Morgan fingerprint density at radius 1 is 1.35 bits per heavy atom. The van der Waals surface area contributed by atoms with E-state index in [9.17, 15) is 4.79 Å². The molecule has 2 heterocycles. The Bertz CT molecular complexity index is 399. The van der Waals surface area contributed by atoms with E-state index in [0.717, 1.165) is 37.7 Å². The number of piperazine rings is 1. The van der Waals surface area contributed by atoms with Crippen LogP contribution in [0.2, 0.25) is 0 Å². The number of nitrogens with zero attached hydrogens (tertiary/aromatic N) is 3. The van der Waals surface area contributed by atoms with Crippen LogP contribution in [0.3, 0.4) is 0 Å². The van der Waals surface area contributed by atoms with Gasteiger partial charge in [-0.3, -0.25) is 4.79 Å². The van der Waals surface area contributed by atoms with Gasteiger partial charge in [-0.05, 0) is 12.1 Å². The maximum Gasteiger partial charge on any atom is 0.219 e. The van der Waals surface area contributed by atoms with E-state index in [1.165, 1.54) is 0 Å². The zero-order valence-corrected chi connectivity index (χ0v) is 10.1. The van der Waals surface area contributed by atoms with Crippen LogP contribution in [0.5, 0.6) is 0 Å². The maximum absolute atomic E-state index is 11.2. The highest BCUT2D eigenvalue weighted by molar-refractivity contribution is 5.73. The summed E-state index contributed by atoms with van der Waals surface area (Å²) in [6.45, 7) is 5.28. The van der Waals surface area contributed by atoms with Gasteiger partial charge >= 0.3 is 0 Å². The lowest BCUT2D eigenvalue weighted by molar-refractivity contribution is -0.129. The number of anilines is 1. The van der Waals surface area contributed by atoms with Crippen LogP contribution in [-0.4, -0.2) is 42.0 Å². The number of nitrogens with two attached hydrogens (primary N) is 1. The molecule has 1 fully saturated rings. The fraction of sp³-hybridized carbons (Fsp3) is 0.500. The molecule has 1 saturated heterocycles. The number of hydrogen-bond donors (Lipinski definition) is 1. The summed E-state index contributed by atoms with van der Waals surface area (Å²) in [5.41, 5.74) is 6.48. The second kappa shape index (κ2) is 5.14. The first-order chi connectivity index (χ1) is 8.20. The first kappa shape index (κ1) is 11.9. The molecule has 0 saturated carbocycles. The summed E-state index contributed by atoms with van der Waals surface area (Å²) in [6.07, 6.45) is 0. The van der Waals surface area contributed by atoms with Gasteiger partial charge in [0.25, 0.3) is 0 Å². The number of rotatable bonds is 2. The van der Waals surface area contributed by atoms with E-state index in [-0.39, 0.29) is 5.91 Å². The van der Waals surface area contributed by atoms with Crippen molar-refractivity contribution in [3.05, 3.63) is 23.9 Å². The van der Waals surface area contributed by atoms with Crippen LogP contribution in [0, 0.1) is 0 Å². The number of carbonyl (C=O) groups is 1.